The summed E-state index contributed by atoms with van der Waals surface area (Å²) in [5.41, 5.74) is 8.67. The Morgan fingerprint density at radius 2 is 2.50 bits per heavy atom. The van der Waals surface area contributed by atoms with Gasteiger partial charge in [-0.15, -0.1) is 0 Å². The van der Waals surface area contributed by atoms with Crippen LogP contribution >= 0.6 is 0 Å². The molecule has 0 amide bonds. The Kier molecular flexibility index (Phi) is 1.83. The predicted octanol–water partition coefficient (Wildman–Crippen LogP) is -0.846. The van der Waals surface area contributed by atoms with Gasteiger partial charge in [0.2, 0.25) is 0 Å². The summed E-state index contributed by atoms with van der Waals surface area (Å²) in [6, 6.07) is 0.391. The third-order valence-corrected chi connectivity index (χ3v) is 1.54. The van der Waals surface area contributed by atoms with Crippen molar-refractivity contribution < 1.29 is 0 Å². The van der Waals surface area contributed by atoms with Crippen molar-refractivity contribution in [2.45, 2.75) is 12.5 Å². The molecule has 1 heterocycles. The summed E-state index contributed by atoms with van der Waals surface area (Å²) < 4.78 is 0. The van der Waals surface area contributed by atoms with Crippen LogP contribution in [0, 0.1) is 0 Å². The fourth-order valence-electron chi connectivity index (χ4n) is 0.990. The van der Waals surface area contributed by atoms with Gasteiger partial charge in [0.05, 0.1) is 0 Å². The molecule has 1 aliphatic heterocycles. The van der Waals surface area contributed by atoms with Crippen LogP contribution in [0.2, 0.25) is 0 Å². The summed E-state index contributed by atoms with van der Waals surface area (Å²) in [4.78, 5) is 0. The van der Waals surface area contributed by atoms with Crippen LogP contribution in [0.1, 0.15) is 6.42 Å². The molecule has 0 spiro atoms. The predicted molar refractivity (Wildman–Crippen MR) is 33.2 cm³/mol. The Labute approximate surface area is 49.8 Å². The molecule has 0 radical (unpaired) electrons. The van der Waals surface area contributed by atoms with Gasteiger partial charge in [0.25, 0.3) is 0 Å². The largest absolute Gasteiger partial charge is 0.326 e. The molecule has 8 heavy (non-hydrogen) atoms. The minimum Gasteiger partial charge on any atom is -0.326 e. The summed E-state index contributed by atoms with van der Waals surface area (Å²) in [6.07, 6.45) is 1.13. The number of hydrogen-bond donors (Lipinski definition) is 2. The van der Waals surface area contributed by atoms with Crippen LogP contribution in [0.3, 0.4) is 0 Å². The Bertz CT molecular complexity index is 74.1. The Morgan fingerprint density at radius 1 is 1.75 bits per heavy atom. The zero-order chi connectivity index (χ0) is 5.98. The van der Waals surface area contributed by atoms with E-state index in [1.807, 2.05) is 7.05 Å². The topological polar surface area (TPSA) is 41.3 Å². The standard InChI is InChI=1S/C5H13N3/c1-7-8-3-2-5(6)4-8/h5,7H,2-4,6H2,1H3. The van der Waals surface area contributed by atoms with E-state index in [1.54, 1.807) is 0 Å². The Balaban J connectivity index is 2.22. The van der Waals surface area contributed by atoms with Crippen LogP contribution in [-0.4, -0.2) is 31.2 Å². The van der Waals surface area contributed by atoms with Gasteiger partial charge in [-0.2, -0.15) is 0 Å². The van der Waals surface area contributed by atoms with E-state index in [0.717, 1.165) is 19.5 Å². The van der Waals surface area contributed by atoms with Crippen LogP contribution in [0.25, 0.3) is 0 Å². The van der Waals surface area contributed by atoms with Gasteiger partial charge < -0.3 is 5.73 Å². The van der Waals surface area contributed by atoms with Gasteiger partial charge in [-0.25, -0.2) is 5.01 Å². The smallest absolute Gasteiger partial charge is 0.0283 e. The molecule has 3 nitrogen and oxygen atoms in total. The number of nitrogens with zero attached hydrogens (tertiary/aromatic N) is 1. The highest BCUT2D eigenvalue weighted by Gasteiger charge is 2.16. The van der Waals surface area contributed by atoms with E-state index in [9.17, 15) is 0 Å². The van der Waals surface area contributed by atoms with E-state index in [1.165, 1.54) is 0 Å². The van der Waals surface area contributed by atoms with Crippen LogP contribution in [0.4, 0.5) is 0 Å². The number of hydrogen-bond acceptors (Lipinski definition) is 3. The molecule has 3 N–H and O–H groups in total. The highest BCUT2D eigenvalue weighted by atomic mass is 15.5. The molecule has 1 saturated heterocycles. The average Bonchev–Trinajstić information content (AvgIpc) is 2.14. The molecule has 1 unspecified atom stereocenters. The lowest BCUT2D eigenvalue weighted by Gasteiger charge is -2.11. The normalized spacial score (nSPS) is 31.5. The third-order valence-electron chi connectivity index (χ3n) is 1.54. The molecule has 0 bridgehead atoms. The van der Waals surface area contributed by atoms with Crippen molar-refractivity contribution in [2.24, 2.45) is 5.73 Å². The molecule has 1 fully saturated rings. The second-order valence-corrected chi connectivity index (χ2v) is 2.22. The van der Waals surface area contributed by atoms with Gasteiger partial charge >= 0.3 is 0 Å². The first-order chi connectivity index (χ1) is 3.83. The molecule has 48 valence electrons. The maximum atomic E-state index is 5.62. The zero-order valence-corrected chi connectivity index (χ0v) is 5.22. The van der Waals surface area contributed by atoms with Gasteiger partial charge in [0.1, 0.15) is 0 Å². The van der Waals surface area contributed by atoms with Gasteiger partial charge in [0, 0.05) is 19.1 Å². The van der Waals surface area contributed by atoms with E-state index < -0.39 is 0 Å². The minimum atomic E-state index is 0.391. The minimum absolute atomic E-state index is 0.391. The zero-order valence-electron chi connectivity index (χ0n) is 5.22. The van der Waals surface area contributed by atoms with E-state index >= 15 is 0 Å². The summed E-state index contributed by atoms with van der Waals surface area (Å²) in [5.74, 6) is 0. The molecule has 0 aromatic rings. The number of hydrazine groups is 1. The summed E-state index contributed by atoms with van der Waals surface area (Å²) in [7, 11) is 1.93. The van der Waals surface area contributed by atoms with E-state index in [4.69, 9.17) is 5.73 Å². The summed E-state index contributed by atoms with van der Waals surface area (Å²) >= 11 is 0. The van der Waals surface area contributed by atoms with Gasteiger partial charge in [-0.1, -0.05) is 0 Å². The van der Waals surface area contributed by atoms with Crippen LogP contribution in [-0.2, 0) is 0 Å². The van der Waals surface area contributed by atoms with Crippen LogP contribution in [0.15, 0.2) is 0 Å². The SMILES string of the molecule is CNN1CCC(N)C1. The summed E-state index contributed by atoms with van der Waals surface area (Å²) in [6.45, 7) is 2.09. The van der Waals surface area contributed by atoms with Crippen molar-refractivity contribution in [3.63, 3.8) is 0 Å². The molecule has 0 aromatic heterocycles. The molecule has 0 saturated carbocycles. The van der Waals surface area contributed by atoms with Crippen molar-refractivity contribution >= 4 is 0 Å². The van der Waals surface area contributed by atoms with Crippen molar-refractivity contribution in [1.82, 2.24) is 10.4 Å². The molecule has 0 aromatic carbocycles. The Morgan fingerprint density at radius 3 is 2.75 bits per heavy atom. The fourth-order valence-corrected chi connectivity index (χ4v) is 0.990. The molecule has 1 atom stereocenters. The maximum absolute atomic E-state index is 5.62. The van der Waals surface area contributed by atoms with Crippen molar-refractivity contribution in [3.8, 4) is 0 Å². The van der Waals surface area contributed by atoms with Gasteiger partial charge in [-0.05, 0) is 13.5 Å². The van der Waals surface area contributed by atoms with Gasteiger partial charge in [-0.3, -0.25) is 5.43 Å². The number of nitrogens with one attached hydrogen (secondary N) is 1. The lowest BCUT2D eigenvalue weighted by Crippen LogP contribution is -2.34. The molecular weight excluding hydrogens is 102 g/mol. The first-order valence-electron chi connectivity index (χ1n) is 3.01. The molecule has 0 aliphatic carbocycles. The lowest BCUT2D eigenvalue weighted by atomic mass is 10.3. The summed E-state index contributed by atoms with van der Waals surface area (Å²) in [5, 5.41) is 2.13. The molecule has 1 aliphatic rings. The first-order valence-corrected chi connectivity index (χ1v) is 3.01. The van der Waals surface area contributed by atoms with Crippen molar-refractivity contribution in [3.05, 3.63) is 0 Å². The average molecular weight is 115 g/mol. The van der Waals surface area contributed by atoms with Gasteiger partial charge in [0.15, 0.2) is 0 Å². The van der Waals surface area contributed by atoms with Crippen molar-refractivity contribution in [1.29, 1.82) is 0 Å². The third kappa shape index (κ3) is 1.18. The van der Waals surface area contributed by atoms with Crippen molar-refractivity contribution in [2.75, 3.05) is 20.1 Å². The second-order valence-electron chi connectivity index (χ2n) is 2.22. The second kappa shape index (κ2) is 2.44. The van der Waals surface area contributed by atoms with E-state index in [0.29, 0.717) is 6.04 Å². The van der Waals surface area contributed by atoms with E-state index in [-0.39, 0.29) is 0 Å². The van der Waals surface area contributed by atoms with Crippen LogP contribution < -0.4 is 11.2 Å². The molecule has 1 rings (SSSR count). The monoisotopic (exact) mass is 115 g/mol. The number of nitrogens with two attached hydrogens (primary N) is 1. The van der Waals surface area contributed by atoms with E-state index in [2.05, 4.69) is 10.4 Å². The quantitative estimate of drug-likeness (QED) is 0.468. The lowest BCUT2D eigenvalue weighted by molar-refractivity contribution is 0.259. The van der Waals surface area contributed by atoms with Crippen LogP contribution in [0.5, 0.6) is 0 Å². The molecular formula is C5H13N3. The maximum Gasteiger partial charge on any atom is 0.0283 e. The highest BCUT2D eigenvalue weighted by molar-refractivity contribution is 4.74. The molecule has 3 heteroatoms. The fraction of sp³-hybridized carbons (Fsp3) is 1.00. The highest BCUT2D eigenvalue weighted by Crippen LogP contribution is 2.01. The number of rotatable bonds is 1. The first kappa shape index (κ1) is 6.01. The Hall–Kier alpha value is -0.120.